The smallest absolute Gasteiger partial charge is 0.112 e. The van der Waals surface area contributed by atoms with Gasteiger partial charge in [0, 0.05) is 0 Å². The van der Waals surface area contributed by atoms with Crippen molar-refractivity contribution >= 4 is 0 Å². The average molecular weight is 129 g/mol. The molecule has 0 saturated heterocycles. The van der Waals surface area contributed by atoms with Crippen LogP contribution in [-0.4, -0.2) is 12.6 Å². The highest BCUT2D eigenvalue weighted by Crippen LogP contribution is 2.06. The Bertz CT molecular complexity index is 116. The van der Waals surface area contributed by atoms with Crippen LogP contribution in [0, 0.1) is 5.21 Å². The average Bonchev–Trinajstić information content (AvgIpc) is 1.65. The summed E-state index contributed by atoms with van der Waals surface area (Å²) < 4.78 is 0. The van der Waals surface area contributed by atoms with E-state index in [-0.39, 0.29) is 10.6 Å². The number of rotatable bonds is 2. The van der Waals surface area contributed by atoms with Gasteiger partial charge in [-0.05, 0) is 26.3 Å². The molecule has 0 bridgehead atoms. The minimum Gasteiger partial charge on any atom is -0.634 e. The van der Waals surface area contributed by atoms with Gasteiger partial charge in [-0.2, -0.15) is 0 Å². The van der Waals surface area contributed by atoms with Crippen LogP contribution in [0.15, 0.2) is 12.2 Å². The molecule has 0 radical (unpaired) electrons. The zero-order valence-corrected chi connectivity index (χ0v) is 6.62. The number of quaternary nitrogens is 1. The summed E-state index contributed by atoms with van der Waals surface area (Å²) in [5.74, 6) is 0. The predicted octanol–water partition coefficient (Wildman–Crippen LogP) is 0.354. The first-order valence-electron chi connectivity index (χ1n) is 3.06. The minimum atomic E-state index is -0.333. The highest BCUT2D eigenvalue weighted by molar-refractivity contribution is 5.03. The third-order valence-electron chi connectivity index (χ3n) is 1.95. The summed E-state index contributed by atoms with van der Waals surface area (Å²) in [4.78, 5) is 0. The first-order valence-corrected chi connectivity index (χ1v) is 3.06. The Morgan fingerprint density at radius 2 is 1.89 bits per heavy atom. The van der Waals surface area contributed by atoms with Gasteiger partial charge >= 0.3 is 0 Å². The molecule has 9 heavy (non-hydrogen) atoms. The van der Waals surface area contributed by atoms with Gasteiger partial charge < -0.3 is 10.3 Å². The number of hydroxylamine groups is 2. The molecule has 54 valence electrons. The van der Waals surface area contributed by atoms with E-state index in [9.17, 15) is 5.21 Å². The van der Waals surface area contributed by atoms with E-state index in [4.69, 9.17) is 0 Å². The molecule has 1 atom stereocenters. The van der Waals surface area contributed by atoms with Gasteiger partial charge in [0.25, 0.3) is 0 Å². The Morgan fingerprint density at radius 3 is 1.89 bits per heavy atom. The summed E-state index contributed by atoms with van der Waals surface area (Å²) in [6.07, 6.45) is 0. The van der Waals surface area contributed by atoms with Gasteiger partial charge in [-0.3, -0.25) is 0 Å². The van der Waals surface area contributed by atoms with Crippen LogP contribution in [0.2, 0.25) is 0 Å². The van der Waals surface area contributed by atoms with Crippen LogP contribution >= 0.6 is 0 Å². The summed E-state index contributed by atoms with van der Waals surface area (Å²) in [5.41, 5.74) is 0.593. The lowest BCUT2D eigenvalue weighted by molar-refractivity contribution is -0.873. The van der Waals surface area contributed by atoms with Crippen LogP contribution in [0.3, 0.4) is 0 Å². The van der Waals surface area contributed by atoms with Crippen molar-refractivity contribution < 1.29 is 5.06 Å². The first kappa shape index (κ1) is 8.66. The van der Waals surface area contributed by atoms with Crippen molar-refractivity contribution in [3.8, 4) is 0 Å². The maximum Gasteiger partial charge on any atom is 0.112 e. The molecule has 0 rings (SSSR count). The van der Waals surface area contributed by atoms with Crippen molar-refractivity contribution in [3.63, 3.8) is 0 Å². The fourth-order valence-corrected chi connectivity index (χ4v) is 0.301. The fourth-order valence-electron chi connectivity index (χ4n) is 0.301. The summed E-state index contributed by atoms with van der Waals surface area (Å²) in [5, 5.41) is 11.0. The first-order chi connectivity index (χ1) is 3.89. The van der Waals surface area contributed by atoms with E-state index >= 15 is 0 Å². The lowest BCUT2D eigenvalue weighted by Gasteiger charge is -2.35. The molecule has 0 aromatic rings. The fraction of sp³-hybridized carbons (Fsp3) is 0.714. The van der Waals surface area contributed by atoms with E-state index < -0.39 is 0 Å². The third-order valence-corrected chi connectivity index (χ3v) is 1.95. The van der Waals surface area contributed by atoms with Crippen LogP contribution in [0.5, 0.6) is 0 Å². The van der Waals surface area contributed by atoms with Crippen LogP contribution in [0.1, 0.15) is 20.8 Å². The van der Waals surface area contributed by atoms with E-state index in [0.29, 0.717) is 0 Å². The number of hydrogen-bond acceptors (Lipinski definition) is 1. The molecule has 0 fully saturated rings. The zero-order chi connectivity index (χ0) is 7.65. The second kappa shape index (κ2) is 2.50. The molecule has 2 nitrogen and oxygen atoms in total. The van der Waals surface area contributed by atoms with E-state index in [2.05, 4.69) is 6.58 Å². The van der Waals surface area contributed by atoms with Crippen molar-refractivity contribution in [1.82, 2.24) is 0 Å². The molecule has 0 saturated carbocycles. The van der Waals surface area contributed by atoms with Gasteiger partial charge in [0.1, 0.15) is 5.54 Å². The molecule has 0 aliphatic carbocycles. The number of nitrogens with one attached hydrogen (secondary N) is 1. The van der Waals surface area contributed by atoms with Crippen LogP contribution in [0.25, 0.3) is 0 Å². The maximum atomic E-state index is 10.8. The Morgan fingerprint density at radius 1 is 1.56 bits per heavy atom. The second-order valence-electron chi connectivity index (χ2n) is 2.96. The van der Waals surface area contributed by atoms with E-state index in [1.807, 2.05) is 20.8 Å². The van der Waals surface area contributed by atoms with Crippen molar-refractivity contribution in [2.45, 2.75) is 26.3 Å². The molecule has 0 aromatic heterocycles. The van der Waals surface area contributed by atoms with Crippen LogP contribution in [-0.2, 0) is 0 Å². The zero-order valence-electron chi connectivity index (χ0n) is 6.62. The maximum absolute atomic E-state index is 10.8. The lowest BCUT2D eigenvalue weighted by atomic mass is 9.97. The van der Waals surface area contributed by atoms with Crippen molar-refractivity contribution in [1.29, 1.82) is 0 Å². The molecule has 1 unspecified atom stereocenters. The predicted molar refractivity (Wildman–Crippen MR) is 39.1 cm³/mol. The van der Waals surface area contributed by atoms with Crippen LogP contribution in [0.4, 0.5) is 0 Å². The van der Waals surface area contributed by atoms with Gasteiger partial charge in [0.15, 0.2) is 0 Å². The van der Waals surface area contributed by atoms with Crippen molar-refractivity contribution in [2.24, 2.45) is 0 Å². The number of likely N-dealkylation sites (N-methyl/N-ethyl adjacent to an activating group) is 1. The monoisotopic (exact) mass is 129 g/mol. The third kappa shape index (κ3) is 1.80. The Kier molecular flexibility index (Phi) is 2.40. The van der Waals surface area contributed by atoms with Gasteiger partial charge in [0.2, 0.25) is 0 Å². The molecular weight excluding hydrogens is 114 g/mol. The van der Waals surface area contributed by atoms with E-state index in [1.54, 1.807) is 7.05 Å². The molecule has 2 heteroatoms. The molecule has 0 spiro atoms. The van der Waals surface area contributed by atoms with E-state index in [0.717, 1.165) is 5.57 Å². The molecule has 0 heterocycles. The van der Waals surface area contributed by atoms with Crippen molar-refractivity contribution in [2.75, 3.05) is 7.05 Å². The normalized spacial score (nSPS) is 15.2. The molecule has 0 aromatic carbocycles. The summed E-state index contributed by atoms with van der Waals surface area (Å²) in [6.45, 7) is 9.38. The summed E-state index contributed by atoms with van der Waals surface area (Å²) in [7, 11) is 1.59. The van der Waals surface area contributed by atoms with E-state index in [1.165, 1.54) is 0 Å². The standard InChI is InChI=1S/C7H15NO/c1-6(2)7(3,4)8(5)9/h8H,1H2,2-5H3. The Balaban J connectivity index is 4.19. The number of hydrogen-bond donors (Lipinski definition) is 1. The largest absolute Gasteiger partial charge is 0.634 e. The van der Waals surface area contributed by atoms with Gasteiger partial charge in [-0.25, -0.2) is 0 Å². The molecule has 0 aliphatic rings. The topological polar surface area (TPSA) is 27.5 Å². The van der Waals surface area contributed by atoms with Crippen molar-refractivity contribution in [3.05, 3.63) is 17.4 Å². The lowest BCUT2D eigenvalue weighted by Crippen LogP contribution is -3.12. The summed E-state index contributed by atoms with van der Waals surface area (Å²) >= 11 is 0. The highest BCUT2D eigenvalue weighted by Gasteiger charge is 2.22. The molecule has 0 aliphatic heterocycles. The molecule has 0 amide bonds. The Labute approximate surface area is 56.7 Å². The van der Waals surface area contributed by atoms with Gasteiger partial charge in [0.05, 0.1) is 7.05 Å². The van der Waals surface area contributed by atoms with Gasteiger partial charge in [-0.15, -0.1) is 0 Å². The quantitative estimate of drug-likeness (QED) is 0.423. The molecule has 1 N–H and O–H groups in total. The molecular formula is C7H15NO. The van der Waals surface area contributed by atoms with Gasteiger partial charge in [-0.1, -0.05) is 6.58 Å². The SMILES string of the molecule is C=C(C)C(C)(C)[NH+](C)[O-]. The Hall–Kier alpha value is -0.340. The minimum absolute atomic E-state index is 0.176. The summed E-state index contributed by atoms with van der Waals surface area (Å²) in [6, 6.07) is 0. The highest BCUT2D eigenvalue weighted by atomic mass is 16.5. The van der Waals surface area contributed by atoms with Crippen LogP contribution < -0.4 is 5.06 Å². The second-order valence-corrected chi connectivity index (χ2v) is 2.96.